The second kappa shape index (κ2) is 11.2. The summed E-state index contributed by atoms with van der Waals surface area (Å²) >= 11 is 0. The Labute approximate surface area is 156 Å². The van der Waals surface area contributed by atoms with Gasteiger partial charge in [-0.15, -0.1) is 0 Å². The van der Waals surface area contributed by atoms with E-state index in [1.807, 2.05) is 0 Å². The van der Waals surface area contributed by atoms with Crippen LogP contribution in [0.15, 0.2) is 0 Å². The van der Waals surface area contributed by atoms with Gasteiger partial charge in [-0.05, 0) is 7.05 Å². The minimum Gasteiger partial charge on any atom is -0.549 e. The Morgan fingerprint density at radius 2 is 1.33 bits per heavy atom. The number of carboxylic acids is 2. The predicted octanol–water partition coefficient (Wildman–Crippen LogP) is -9.57. The van der Waals surface area contributed by atoms with Crippen molar-refractivity contribution in [3.63, 3.8) is 0 Å². The van der Waals surface area contributed by atoms with Crippen molar-refractivity contribution < 1.29 is 123 Å². The van der Waals surface area contributed by atoms with Crippen molar-refractivity contribution in [3.05, 3.63) is 0 Å². The zero-order valence-electron chi connectivity index (χ0n) is 7.49. The largest absolute Gasteiger partial charge is 1.00 e. The van der Waals surface area contributed by atoms with E-state index in [4.69, 9.17) is 0 Å². The molecule has 0 N–H and O–H groups in total. The van der Waals surface area contributed by atoms with E-state index in [1.54, 1.807) is 0 Å². The average molecular weight is 223 g/mol. The van der Waals surface area contributed by atoms with Crippen molar-refractivity contribution >= 4 is 11.9 Å². The van der Waals surface area contributed by atoms with Crippen molar-refractivity contribution in [1.82, 2.24) is 4.90 Å². The minimum atomic E-state index is -1.30. The van der Waals surface area contributed by atoms with E-state index in [9.17, 15) is 19.8 Å². The quantitative estimate of drug-likeness (QED) is 0.442. The molecule has 0 aliphatic heterocycles. The molecule has 0 radical (unpaired) electrons. The second-order valence-electron chi connectivity index (χ2n) is 1.92. The third kappa shape index (κ3) is 14.7. The van der Waals surface area contributed by atoms with Gasteiger partial charge in [-0.25, -0.2) is 0 Å². The van der Waals surface area contributed by atoms with Crippen LogP contribution in [0.4, 0.5) is 0 Å². The molecule has 0 aliphatic rings. The smallest absolute Gasteiger partial charge is 0.549 e. The molecule has 5 nitrogen and oxygen atoms in total. The van der Waals surface area contributed by atoms with Crippen LogP contribution in [0.2, 0.25) is 0 Å². The summed E-state index contributed by atoms with van der Waals surface area (Å²) in [5.74, 6) is -2.60. The van der Waals surface area contributed by atoms with E-state index in [-0.39, 0.29) is 103 Å². The summed E-state index contributed by atoms with van der Waals surface area (Å²) in [4.78, 5) is 20.7. The van der Waals surface area contributed by atoms with E-state index in [0.29, 0.717) is 0 Å². The van der Waals surface area contributed by atoms with Gasteiger partial charge in [-0.1, -0.05) is 0 Å². The fourth-order valence-corrected chi connectivity index (χ4v) is 0.497. The number of hydrogen-bond acceptors (Lipinski definition) is 5. The van der Waals surface area contributed by atoms with E-state index in [0.717, 1.165) is 4.90 Å². The number of rotatable bonds is 4. The number of likely N-dealkylation sites (N-methyl/N-ethyl adjacent to an activating group) is 1. The number of hydrogen-bond donors (Lipinski definition) is 0. The van der Waals surface area contributed by atoms with Crippen molar-refractivity contribution in [1.29, 1.82) is 0 Å². The van der Waals surface area contributed by atoms with Crippen LogP contribution in [0.3, 0.4) is 0 Å². The molecule has 0 saturated heterocycles. The summed E-state index contributed by atoms with van der Waals surface area (Å²) < 4.78 is 0. The van der Waals surface area contributed by atoms with Crippen LogP contribution >= 0.6 is 0 Å². The Balaban J connectivity index is -0.000000405. The van der Waals surface area contributed by atoms with Crippen molar-refractivity contribution in [2.24, 2.45) is 0 Å². The van der Waals surface area contributed by atoms with Gasteiger partial charge in [0.2, 0.25) is 0 Å². The number of carbonyl (C=O) groups excluding carboxylic acids is 2. The van der Waals surface area contributed by atoms with Crippen molar-refractivity contribution in [2.45, 2.75) is 0 Å². The number of aliphatic carboxylic acids is 2. The Hall–Kier alpha value is 2.17. The van der Waals surface area contributed by atoms with Crippen LogP contribution in [0.1, 0.15) is 0 Å². The van der Waals surface area contributed by atoms with Crippen molar-refractivity contribution in [2.75, 3.05) is 20.1 Å². The maximum Gasteiger partial charge on any atom is 1.00 e. The van der Waals surface area contributed by atoms with Gasteiger partial charge in [-0.3, -0.25) is 4.90 Å². The van der Waals surface area contributed by atoms with E-state index < -0.39 is 25.0 Å². The molecule has 0 fully saturated rings. The Morgan fingerprint density at radius 1 is 1.08 bits per heavy atom. The Kier molecular flexibility index (Phi) is 18.5. The van der Waals surface area contributed by atoms with Gasteiger partial charge in [0.25, 0.3) is 0 Å². The monoisotopic (exact) mass is 223 g/mol. The van der Waals surface area contributed by atoms with Gasteiger partial charge < -0.3 is 19.8 Å². The molecule has 0 aliphatic carbocycles. The molecule has 12 heavy (non-hydrogen) atoms. The molecule has 0 atom stereocenters. The van der Waals surface area contributed by atoms with Gasteiger partial charge in [-0.2, -0.15) is 0 Å². The number of nitrogens with zero attached hydrogens (tertiary/aromatic N) is 1. The zero-order valence-corrected chi connectivity index (χ0v) is 13.7. The van der Waals surface area contributed by atoms with E-state index >= 15 is 0 Å². The molecule has 58 valence electrons. The molecule has 0 saturated carbocycles. The Morgan fingerprint density at radius 3 is 1.50 bits per heavy atom. The number of carbonyl (C=O) groups is 2. The maximum absolute atomic E-state index is 9.83. The van der Waals surface area contributed by atoms with E-state index in [1.165, 1.54) is 7.05 Å². The van der Waals surface area contributed by atoms with Gasteiger partial charge in [0, 0.05) is 13.1 Å². The summed E-state index contributed by atoms with van der Waals surface area (Å²) in [5.41, 5.74) is 0. The molecule has 0 aromatic carbocycles. The van der Waals surface area contributed by atoms with Crippen LogP contribution in [0.5, 0.6) is 0 Å². The molecule has 0 heterocycles. The summed E-state index contributed by atoms with van der Waals surface area (Å²) in [5, 5.41) is 19.7. The zero-order chi connectivity index (χ0) is 8.15. The molecule has 7 heteroatoms. The third-order valence-electron chi connectivity index (χ3n) is 0.798. The normalized spacial score (nSPS) is 8.17. The maximum atomic E-state index is 9.83. The summed E-state index contributed by atoms with van der Waals surface area (Å²) in [6.07, 6.45) is 0. The van der Waals surface area contributed by atoms with E-state index in [2.05, 4.69) is 0 Å². The fourth-order valence-electron chi connectivity index (χ4n) is 0.497. The van der Waals surface area contributed by atoms with Crippen LogP contribution < -0.4 is 113 Å². The summed E-state index contributed by atoms with van der Waals surface area (Å²) in [6.45, 7) is -0.790. The molecule has 0 rings (SSSR count). The molecule has 0 unspecified atom stereocenters. The average Bonchev–Trinajstić information content (AvgIpc) is 1.58. The van der Waals surface area contributed by atoms with Crippen LogP contribution in [0, 0.1) is 0 Å². The molecular weight excluding hydrogens is 216 g/mol. The van der Waals surface area contributed by atoms with Gasteiger partial charge in [0.15, 0.2) is 0 Å². The SMILES string of the molecule is CN(CC(=O)[O-])CC(=O)[O-].[K+].[K+]. The summed E-state index contributed by atoms with van der Waals surface area (Å²) in [7, 11) is 1.35. The molecule has 0 amide bonds. The third-order valence-corrected chi connectivity index (χ3v) is 0.798. The van der Waals surface area contributed by atoms with Crippen molar-refractivity contribution in [3.8, 4) is 0 Å². The molecule has 0 bridgehead atoms. The summed E-state index contributed by atoms with van der Waals surface area (Å²) in [6, 6.07) is 0. The first-order chi connectivity index (χ1) is 4.52. The van der Waals surface area contributed by atoms with Crippen LogP contribution in [-0.2, 0) is 9.59 Å². The first-order valence-corrected chi connectivity index (χ1v) is 2.60. The molecule has 0 aromatic heterocycles. The van der Waals surface area contributed by atoms with Gasteiger partial charge in [0.05, 0.1) is 11.9 Å². The first-order valence-electron chi connectivity index (χ1n) is 2.60. The second-order valence-corrected chi connectivity index (χ2v) is 1.92. The first kappa shape index (κ1) is 19.7. The van der Waals surface area contributed by atoms with Gasteiger partial charge >= 0.3 is 103 Å². The topological polar surface area (TPSA) is 83.5 Å². The molecule has 0 aromatic rings. The number of carboxylic acid groups (broad SMARTS) is 2. The van der Waals surface area contributed by atoms with Crippen LogP contribution in [0.25, 0.3) is 0 Å². The standard InChI is InChI=1S/C5H9NO4.2K/c1-6(2-4(7)8)3-5(9)10;;/h2-3H2,1H3,(H,7,8)(H,9,10);;/q;2*+1/p-2. The Bertz CT molecular complexity index is 136. The predicted molar refractivity (Wildman–Crippen MR) is 27.5 cm³/mol. The molecule has 0 spiro atoms. The van der Waals surface area contributed by atoms with Gasteiger partial charge in [0.1, 0.15) is 0 Å². The van der Waals surface area contributed by atoms with Crippen LogP contribution in [-0.4, -0.2) is 37.0 Å². The molecular formula is C5H7K2NO4. The minimum absolute atomic E-state index is 0. The fraction of sp³-hybridized carbons (Fsp3) is 0.600.